The zero-order valence-corrected chi connectivity index (χ0v) is 9.57. The van der Waals surface area contributed by atoms with E-state index < -0.39 is 18.5 Å². The van der Waals surface area contributed by atoms with Crippen molar-refractivity contribution in [1.82, 2.24) is 0 Å². The lowest BCUT2D eigenvalue weighted by Gasteiger charge is -2.19. The number of aliphatic carboxylic acids is 1. The molecule has 0 bridgehead atoms. The van der Waals surface area contributed by atoms with E-state index in [0.29, 0.717) is 5.69 Å². The molecule has 1 aromatic rings. The SMILES string of the molecule is N#CCN(C(=O)COCC(=O)O)c1ccccc1. The molecule has 0 aliphatic carbocycles. The molecule has 0 fully saturated rings. The Bertz CT molecular complexity index is 453. The van der Waals surface area contributed by atoms with Crippen molar-refractivity contribution in [3.8, 4) is 6.07 Å². The van der Waals surface area contributed by atoms with Gasteiger partial charge in [0.05, 0.1) is 6.07 Å². The number of carboxylic acids is 1. The van der Waals surface area contributed by atoms with Crippen molar-refractivity contribution in [3.63, 3.8) is 0 Å². The van der Waals surface area contributed by atoms with Crippen molar-refractivity contribution < 1.29 is 19.4 Å². The van der Waals surface area contributed by atoms with Crippen molar-refractivity contribution in [2.75, 3.05) is 24.7 Å². The zero-order chi connectivity index (χ0) is 13.4. The van der Waals surface area contributed by atoms with Gasteiger partial charge in [-0.15, -0.1) is 0 Å². The standard InChI is InChI=1S/C12H12N2O4/c13-6-7-14(10-4-2-1-3-5-10)11(15)8-18-9-12(16)17/h1-5H,7-9H2,(H,16,17). The summed E-state index contributed by atoms with van der Waals surface area (Å²) >= 11 is 0. The predicted molar refractivity (Wildman–Crippen MR) is 62.9 cm³/mol. The summed E-state index contributed by atoms with van der Waals surface area (Å²) in [7, 11) is 0. The molecule has 1 aromatic carbocycles. The van der Waals surface area contributed by atoms with Crippen LogP contribution < -0.4 is 4.90 Å². The molecule has 0 aliphatic heterocycles. The molecule has 0 unspecified atom stereocenters. The topological polar surface area (TPSA) is 90.6 Å². The highest BCUT2D eigenvalue weighted by molar-refractivity contribution is 5.94. The Morgan fingerprint density at radius 2 is 1.94 bits per heavy atom. The Kier molecular flexibility index (Phi) is 5.35. The fourth-order valence-electron chi connectivity index (χ4n) is 1.31. The van der Waals surface area contributed by atoms with Crippen molar-refractivity contribution >= 4 is 17.6 Å². The number of nitrogens with zero attached hydrogens (tertiary/aromatic N) is 2. The summed E-state index contributed by atoms with van der Waals surface area (Å²) in [6.07, 6.45) is 0. The monoisotopic (exact) mass is 248 g/mol. The van der Waals surface area contributed by atoms with E-state index in [1.54, 1.807) is 30.3 Å². The predicted octanol–water partition coefficient (Wildman–Crippen LogP) is 0.644. The lowest BCUT2D eigenvalue weighted by Crippen LogP contribution is -2.34. The number of para-hydroxylation sites is 1. The van der Waals surface area contributed by atoms with E-state index in [0.717, 1.165) is 0 Å². The molecule has 6 nitrogen and oxygen atoms in total. The summed E-state index contributed by atoms with van der Waals surface area (Å²) in [5.74, 6) is -1.60. The Labute approximate surface area is 104 Å². The molecule has 0 spiro atoms. The van der Waals surface area contributed by atoms with Gasteiger partial charge < -0.3 is 9.84 Å². The molecule has 0 saturated carbocycles. The quantitative estimate of drug-likeness (QED) is 0.746. The Morgan fingerprint density at radius 3 is 2.50 bits per heavy atom. The third-order valence-corrected chi connectivity index (χ3v) is 2.05. The average Bonchev–Trinajstić information content (AvgIpc) is 2.36. The fourth-order valence-corrected chi connectivity index (χ4v) is 1.31. The zero-order valence-electron chi connectivity index (χ0n) is 9.57. The fraction of sp³-hybridized carbons (Fsp3) is 0.250. The van der Waals surface area contributed by atoms with Gasteiger partial charge in [0.25, 0.3) is 5.91 Å². The van der Waals surface area contributed by atoms with E-state index in [-0.39, 0.29) is 13.2 Å². The first-order chi connectivity index (χ1) is 8.65. The van der Waals surface area contributed by atoms with Gasteiger partial charge in [-0.3, -0.25) is 9.69 Å². The first-order valence-corrected chi connectivity index (χ1v) is 5.17. The number of carbonyl (C=O) groups excluding carboxylic acids is 1. The molecule has 0 heterocycles. The van der Waals surface area contributed by atoms with E-state index in [1.807, 2.05) is 6.07 Å². The van der Waals surface area contributed by atoms with Crippen LogP contribution in [0.2, 0.25) is 0 Å². The van der Waals surface area contributed by atoms with Crippen LogP contribution >= 0.6 is 0 Å². The third kappa shape index (κ3) is 4.23. The van der Waals surface area contributed by atoms with Crippen LogP contribution in [0.25, 0.3) is 0 Å². The molecular weight excluding hydrogens is 236 g/mol. The number of anilines is 1. The molecule has 1 amide bonds. The summed E-state index contributed by atoms with van der Waals surface area (Å²) < 4.78 is 4.71. The average molecular weight is 248 g/mol. The maximum absolute atomic E-state index is 11.8. The number of hydrogen-bond acceptors (Lipinski definition) is 4. The van der Waals surface area contributed by atoms with E-state index >= 15 is 0 Å². The van der Waals surface area contributed by atoms with Crippen LogP contribution in [-0.4, -0.2) is 36.7 Å². The molecule has 0 aliphatic rings. The third-order valence-electron chi connectivity index (χ3n) is 2.05. The number of carboxylic acid groups (broad SMARTS) is 1. The number of rotatable bonds is 6. The van der Waals surface area contributed by atoms with Gasteiger partial charge in [0.1, 0.15) is 19.8 Å². The van der Waals surface area contributed by atoms with E-state index in [1.165, 1.54) is 4.90 Å². The number of hydrogen-bond donors (Lipinski definition) is 1. The highest BCUT2D eigenvalue weighted by atomic mass is 16.5. The summed E-state index contributed by atoms with van der Waals surface area (Å²) in [6.45, 7) is -1.02. The van der Waals surface area contributed by atoms with Crippen molar-refractivity contribution in [2.45, 2.75) is 0 Å². The lowest BCUT2D eigenvalue weighted by molar-refractivity contribution is -0.143. The number of carbonyl (C=O) groups is 2. The maximum atomic E-state index is 11.8. The van der Waals surface area contributed by atoms with Crippen LogP contribution in [0.3, 0.4) is 0 Å². The molecule has 18 heavy (non-hydrogen) atoms. The highest BCUT2D eigenvalue weighted by Crippen LogP contribution is 2.12. The minimum atomic E-state index is -1.14. The molecule has 0 aromatic heterocycles. The Hall–Kier alpha value is -2.39. The van der Waals surface area contributed by atoms with Crippen molar-refractivity contribution in [1.29, 1.82) is 5.26 Å². The Morgan fingerprint density at radius 1 is 1.28 bits per heavy atom. The molecule has 94 valence electrons. The van der Waals surface area contributed by atoms with E-state index in [2.05, 4.69) is 0 Å². The van der Waals surface area contributed by atoms with Gasteiger partial charge in [0.15, 0.2) is 0 Å². The van der Waals surface area contributed by atoms with Gasteiger partial charge in [-0.05, 0) is 12.1 Å². The molecule has 1 rings (SSSR count). The number of amides is 1. The summed E-state index contributed by atoms with van der Waals surface area (Å²) in [6, 6.07) is 10.5. The summed E-state index contributed by atoms with van der Waals surface area (Å²) in [5.41, 5.74) is 0.572. The molecule has 6 heteroatoms. The largest absolute Gasteiger partial charge is 0.480 e. The molecule has 0 radical (unpaired) electrons. The van der Waals surface area contributed by atoms with Crippen LogP contribution in [0.4, 0.5) is 5.69 Å². The Balaban J connectivity index is 2.65. The second-order valence-corrected chi connectivity index (χ2v) is 3.36. The van der Waals surface area contributed by atoms with Gasteiger partial charge in [-0.1, -0.05) is 18.2 Å². The van der Waals surface area contributed by atoms with Gasteiger partial charge in [0, 0.05) is 5.69 Å². The summed E-state index contributed by atoms with van der Waals surface area (Å²) in [5, 5.41) is 17.1. The number of nitriles is 1. The van der Waals surface area contributed by atoms with Crippen molar-refractivity contribution in [2.24, 2.45) is 0 Å². The second-order valence-electron chi connectivity index (χ2n) is 3.36. The van der Waals surface area contributed by atoms with Crippen LogP contribution in [0.5, 0.6) is 0 Å². The maximum Gasteiger partial charge on any atom is 0.329 e. The normalized spacial score (nSPS) is 9.50. The van der Waals surface area contributed by atoms with Gasteiger partial charge in [0.2, 0.25) is 0 Å². The highest BCUT2D eigenvalue weighted by Gasteiger charge is 2.15. The van der Waals surface area contributed by atoms with Crippen LogP contribution in [0.15, 0.2) is 30.3 Å². The molecule has 0 atom stereocenters. The first kappa shape index (κ1) is 13.7. The smallest absolute Gasteiger partial charge is 0.329 e. The molecule has 1 N–H and O–H groups in total. The van der Waals surface area contributed by atoms with Crippen LogP contribution in [0.1, 0.15) is 0 Å². The van der Waals surface area contributed by atoms with Gasteiger partial charge >= 0.3 is 5.97 Å². The van der Waals surface area contributed by atoms with Crippen molar-refractivity contribution in [3.05, 3.63) is 30.3 Å². The van der Waals surface area contributed by atoms with Gasteiger partial charge in [-0.25, -0.2) is 4.79 Å². The minimum Gasteiger partial charge on any atom is -0.480 e. The molecular formula is C12H12N2O4. The summed E-state index contributed by atoms with van der Waals surface area (Å²) in [4.78, 5) is 23.3. The first-order valence-electron chi connectivity index (χ1n) is 5.17. The van der Waals surface area contributed by atoms with Gasteiger partial charge in [-0.2, -0.15) is 5.26 Å². The second kappa shape index (κ2) is 7.04. The van der Waals surface area contributed by atoms with E-state index in [9.17, 15) is 9.59 Å². The number of benzene rings is 1. The van der Waals surface area contributed by atoms with E-state index in [4.69, 9.17) is 15.1 Å². The minimum absolute atomic E-state index is 0.112. The number of ether oxygens (including phenoxy) is 1. The molecule has 0 saturated heterocycles. The lowest BCUT2D eigenvalue weighted by atomic mass is 10.3. The van der Waals surface area contributed by atoms with Crippen LogP contribution in [0, 0.1) is 11.3 Å². The van der Waals surface area contributed by atoms with Crippen LogP contribution in [-0.2, 0) is 14.3 Å².